The van der Waals surface area contributed by atoms with E-state index in [9.17, 15) is 17.6 Å². The number of sulfonamides is 1. The number of anilines is 1. The van der Waals surface area contributed by atoms with E-state index in [4.69, 9.17) is 4.74 Å². The average Bonchev–Trinajstić information content (AvgIpc) is 2.69. The molecule has 3 rings (SSSR count). The number of piperidine rings is 1. The summed E-state index contributed by atoms with van der Waals surface area (Å²) in [5, 5.41) is 2.71. The van der Waals surface area contributed by atoms with Gasteiger partial charge in [-0.2, -0.15) is 4.31 Å². The Morgan fingerprint density at radius 3 is 2.50 bits per heavy atom. The van der Waals surface area contributed by atoms with Gasteiger partial charge in [-0.15, -0.1) is 0 Å². The van der Waals surface area contributed by atoms with Crippen LogP contribution in [-0.4, -0.2) is 38.3 Å². The molecule has 0 saturated carbocycles. The fourth-order valence-electron chi connectivity index (χ4n) is 3.83. The van der Waals surface area contributed by atoms with Crippen molar-refractivity contribution in [2.45, 2.75) is 32.1 Å². The van der Waals surface area contributed by atoms with E-state index in [1.165, 1.54) is 10.4 Å². The molecule has 6 nitrogen and oxygen atoms in total. The monoisotopic (exact) mass is 434 g/mol. The summed E-state index contributed by atoms with van der Waals surface area (Å²) >= 11 is 0. The minimum absolute atomic E-state index is 0.0550. The average molecular weight is 435 g/mol. The van der Waals surface area contributed by atoms with Gasteiger partial charge in [-0.1, -0.05) is 26.0 Å². The lowest BCUT2D eigenvalue weighted by Gasteiger charge is -2.34. The second-order valence-electron chi connectivity index (χ2n) is 7.80. The summed E-state index contributed by atoms with van der Waals surface area (Å²) in [6.45, 7) is 6.90. The molecule has 2 aromatic carbocycles. The van der Waals surface area contributed by atoms with Crippen LogP contribution in [-0.2, 0) is 10.0 Å². The van der Waals surface area contributed by atoms with E-state index in [0.29, 0.717) is 31.1 Å². The van der Waals surface area contributed by atoms with Crippen LogP contribution in [0.25, 0.3) is 0 Å². The second-order valence-corrected chi connectivity index (χ2v) is 9.70. The van der Waals surface area contributed by atoms with Gasteiger partial charge in [-0.3, -0.25) is 4.79 Å². The molecule has 1 amide bonds. The number of ether oxygens (including phenoxy) is 1. The number of carbonyl (C=O) groups excluding carboxylic acids is 1. The van der Waals surface area contributed by atoms with Crippen molar-refractivity contribution < 1.29 is 22.3 Å². The summed E-state index contributed by atoms with van der Waals surface area (Å²) in [5.74, 6) is -0.535. The Bertz CT molecular complexity index is 1020. The molecule has 1 fully saturated rings. The first-order valence-electron chi connectivity index (χ1n) is 10.0. The topological polar surface area (TPSA) is 75.7 Å². The normalized spacial score (nSPS) is 20.0. The first-order chi connectivity index (χ1) is 14.2. The van der Waals surface area contributed by atoms with Crippen molar-refractivity contribution in [3.05, 3.63) is 53.8 Å². The van der Waals surface area contributed by atoms with Crippen molar-refractivity contribution in [2.24, 2.45) is 11.8 Å². The maximum absolute atomic E-state index is 14.5. The first-order valence-corrected chi connectivity index (χ1v) is 11.5. The Kier molecular flexibility index (Phi) is 6.77. The van der Waals surface area contributed by atoms with Gasteiger partial charge in [0.05, 0.1) is 12.3 Å². The molecule has 0 spiro atoms. The van der Waals surface area contributed by atoms with Crippen molar-refractivity contribution >= 4 is 21.6 Å². The Hall–Kier alpha value is -2.45. The van der Waals surface area contributed by atoms with Crippen molar-refractivity contribution in [1.82, 2.24) is 4.31 Å². The Morgan fingerprint density at radius 2 is 1.83 bits per heavy atom. The van der Waals surface area contributed by atoms with Gasteiger partial charge < -0.3 is 10.1 Å². The zero-order chi connectivity index (χ0) is 21.9. The number of nitrogens with zero attached hydrogens (tertiary/aromatic N) is 1. The third kappa shape index (κ3) is 4.82. The number of carbonyl (C=O) groups is 1. The van der Waals surface area contributed by atoms with Crippen molar-refractivity contribution in [3.63, 3.8) is 0 Å². The third-order valence-corrected chi connectivity index (χ3v) is 6.93. The summed E-state index contributed by atoms with van der Waals surface area (Å²) in [6.07, 6.45) is 0.927. The molecule has 0 radical (unpaired) electrons. The minimum atomic E-state index is -4.05. The van der Waals surface area contributed by atoms with Crippen LogP contribution >= 0.6 is 0 Å². The first kappa shape index (κ1) is 22.2. The van der Waals surface area contributed by atoms with E-state index in [2.05, 4.69) is 5.32 Å². The predicted molar refractivity (Wildman–Crippen MR) is 114 cm³/mol. The van der Waals surface area contributed by atoms with Crippen LogP contribution in [0, 0.1) is 17.7 Å². The van der Waals surface area contributed by atoms with Crippen LogP contribution < -0.4 is 10.1 Å². The molecule has 0 aliphatic carbocycles. The largest absolute Gasteiger partial charge is 0.492 e. The lowest BCUT2D eigenvalue weighted by atomic mass is 9.94. The highest BCUT2D eigenvalue weighted by molar-refractivity contribution is 7.89. The maximum Gasteiger partial charge on any atom is 0.255 e. The number of hydrogen-bond acceptors (Lipinski definition) is 4. The van der Waals surface area contributed by atoms with Gasteiger partial charge in [0.25, 0.3) is 5.91 Å². The third-order valence-electron chi connectivity index (χ3n) is 5.08. The fourth-order valence-corrected chi connectivity index (χ4v) is 5.60. The molecule has 2 atom stereocenters. The molecule has 1 aliphatic heterocycles. The highest BCUT2D eigenvalue weighted by atomic mass is 32.2. The summed E-state index contributed by atoms with van der Waals surface area (Å²) in [5.41, 5.74) is 0.510. The van der Waals surface area contributed by atoms with E-state index in [1.807, 2.05) is 20.8 Å². The Morgan fingerprint density at radius 1 is 1.17 bits per heavy atom. The predicted octanol–water partition coefficient (Wildman–Crippen LogP) is 4.14. The van der Waals surface area contributed by atoms with Crippen LogP contribution in [0.4, 0.5) is 10.1 Å². The van der Waals surface area contributed by atoms with Crippen molar-refractivity contribution in [1.29, 1.82) is 0 Å². The van der Waals surface area contributed by atoms with Crippen LogP contribution in [0.1, 0.15) is 37.6 Å². The zero-order valence-electron chi connectivity index (χ0n) is 17.4. The van der Waals surface area contributed by atoms with Gasteiger partial charge in [0.2, 0.25) is 10.0 Å². The van der Waals surface area contributed by atoms with Crippen LogP contribution in [0.2, 0.25) is 0 Å². The highest BCUT2D eigenvalue weighted by Gasteiger charge is 2.33. The van der Waals surface area contributed by atoms with E-state index < -0.39 is 26.6 Å². The zero-order valence-corrected chi connectivity index (χ0v) is 18.2. The van der Waals surface area contributed by atoms with Gasteiger partial charge >= 0.3 is 0 Å². The highest BCUT2D eigenvalue weighted by Crippen LogP contribution is 2.29. The van der Waals surface area contributed by atoms with E-state index >= 15 is 0 Å². The molecule has 1 saturated heterocycles. The molecule has 1 N–H and O–H groups in total. The van der Waals surface area contributed by atoms with Crippen LogP contribution in [0.15, 0.2) is 47.4 Å². The number of benzene rings is 2. The molecular formula is C22H27FN2O4S. The Balaban J connectivity index is 1.89. The van der Waals surface area contributed by atoms with Crippen molar-refractivity contribution in [2.75, 3.05) is 25.0 Å². The lowest BCUT2D eigenvalue weighted by molar-refractivity contribution is 0.102. The summed E-state index contributed by atoms with van der Waals surface area (Å²) in [6, 6.07) is 10.3. The van der Waals surface area contributed by atoms with Gasteiger partial charge in [0.15, 0.2) is 0 Å². The number of nitrogens with one attached hydrogen (secondary N) is 1. The van der Waals surface area contributed by atoms with E-state index in [0.717, 1.165) is 18.6 Å². The molecule has 8 heteroatoms. The molecule has 162 valence electrons. The number of hydrogen-bond donors (Lipinski definition) is 1. The second kappa shape index (κ2) is 9.14. The van der Waals surface area contributed by atoms with Gasteiger partial charge in [0, 0.05) is 18.7 Å². The minimum Gasteiger partial charge on any atom is -0.492 e. The van der Waals surface area contributed by atoms with Crippen molar-refractivity contribution in [3.8, 4) is 5.75 Å². The number of halogens is 1. The van der Waals surface area contributed by atoms with Gasteiger partial charge in [-0.05, 0) is 55.5 Å². The molecule has 0 bridgehead atoms. The molecule has 30 heavy (non-hydrogen) atoms. The molecule has 0 aromatic heterocycles. The fraction of sp³-hybridized carbons (Fsp3) is 0.409. The summed E-state index contributed by atoms with van der Waals surface area (Å²) < 4.78 is 47.5. The number of amides is 1. The number of para-hydroxylation sites is 2. The smallest absolute Gasteiger partial charge is 0.255 e. The quantitative estimate of drug-likeness (QED) is 0.741. The van der Waals surface area contributed by atoms with Crippen LogP contribution in [0.3, 0.4) is 0 Å². The lowest BCUT2D eigenvalue weighted by Crippen LogP contribution is -2.42. The molecule has 1 aliphatic rings. The molecule has 2 aromatic rings. The molecular weight excluding hydrogens is 407 g/mol. The van der Waals surface area contributed by atoms with E-state index in [1.54, 1.807) is 24.3 Å². The van der Waals surface area contributed by atoms with Crippen LogP contribution in [0.5, 0.6) is 5.75 Å². The van der Waals surface area contributed by atoms with E-state index in [-0.39, 0.29) is 17.4 Å². The summed E-state index contributed by atoms with van der Waals surface area (Å²) in [4.78, 5) is 12.3. The summed E-state index contributed by atoms with van der Waals surface area (Å²) in [7, 11) is -4.05. The van der Waals surface area contributed by atoms with Gasteiger partial charge in [0.1, 0.15) is 16.5 Å². The molecule has 1 heterocycles. The number of rotatable bonds is 6. The Labute approximate surface area is 177 Å². The maximum atomic E-state index is 14.5. The standard InChI is InChI=1S/C22H27FN2O4S/c1-4-29-20-8-6-5-7-19(20)24-22(26)17-9-10-18(23)21(12-17)30(27,28)25-13-15(2)11-16(3)14-25/h5-10,12,15-16H,4,11,13-14H2,1-3H3,(H,24,26). The SMILES string of the molecule is CCOc1ccccc1NC(=O)c1ccc(F)c(S(=O)(=O)N2CC(C)CC(C)C2)c1. The van der Waals surface area contributed by atoms with Gasteiger partial charge in [-0.25, -0.2) is 12.8 Å². The molecule has 2 unspecified atom stereocenters.